The first-order valence-electron chi connectivity index (χ1n) is 9.07. The number of rotatable bonds is 10. The molecule has 1 aliphatic rings. The fourth-order valence-corrected chi connectivity index (χ4v) is 3.28. The van der Waals surface area contributed by atoms with E-state index < -0.39 is 5.97 Å². The maximum atomic E-state index is 11.3. The zero-order valence-electron chi connectivity index (χ0n) is 15.5. The van der Waals surface area contributed by atoms with Gasteiger partial charge in [-0.05, 0) is 50.2 Å². The number of methoxy groups -OCH3 is 1. The van der Waals surface area contributed by atoms with Gasteiger partial charge in [0.05, 0.1) is 7.11 Å². The maximum absolute atomic E-state index is 11.3. The highest BCUT2D eigenvalue weighted by atomic mass is 16.5. The van der Waals surface area contributed by atoms with E-state index in [0.29, 0.717) is 18.9 Å². The van der Waals surface area contributed by atoms with E-state index in [1.54, 1.807) is 7.11 Å². The maximum Gasteiger partial charge on any atom is 0.320 e. The molecule has 1 fully saturated rings. The minimum atomic E-state index is -0.735. The first kappa shape index (κ1) is 19.5. The molecule has 2 rings (SSSR count). The number of carboxylic acid groups (broad SMARTS) is 1. The zero-order valence-corrected chi connectivity index (χ0v) is 15.5. The van der Waals surface area contributed by atoms with E-state index in [1.165, 1.54) is 0 Å². The lowest BCUT2D eigenvalue weighted by Crippen LogP contribution is -2.35. The molecule has 1 heterocycles. The van der Waals surface area contributed by atoms with Gasteiger partial charge in [-0.15, -0.1) is 0 Å². The second kappa shape index (κ2) is 9.63. The lowest BCUT2D eigenvalue weighted by Gasteiger charge is -2.22. The predicted molar refractivity (Wildman–Crippen MR) is 97.3 cm³/mol. The Labute approximate surface area is 150 Å². The SMILES string of the molecule is CCN(CC)CCOc1ccc(CN2CCCC2C(=O)O)cc1OC. The molecule has 0 saturated carbocycles. The summed E-state index contributed by atoms with van der Waals surface area (Å²) in [5, 5.41) is 9.30. The minimum Gasteiger partial charge on any atom is -0.493 e. The Morgan fingerprint density at radius 1 is 1.32 bits per heavy atom. The van der Waals surface area contributed by atoms with Crippen molar-refractivity contribution in [2.24, 2.45) is 0 Å². The smallest absolute Gasteiger partial charge is 0.320 e. The summed E-state index contributed by atoms with van der Waals surface area (Å²) in [6.45, 7) is 9.24. The molecule has 1 N–H and O–H groups in total. The molecule has 0 bridgehead atoms. The van der Waals surface area contributed by atoms with Gasteiger partial charge in [-0.25, -0.2) is 0 Å². The van der Waals surface area contributed by atoms with E-state index in [0.717, 1.165) is 50.3 Å². The van der Waals surface area contributed by atoms with Crippen molar-refractivity contribution in [2.45, 2.75) is 39.3 Å². The average molecular weight is 350 g/mol. The first-order chi connectivity index (χ1) is 12.1. The third-order valence-corrected chi connectivity index (χ3v) is 4.82. The predicted octanol–water partition coefficient (Wildman–Crippen LogP) is 2.46. The Hall–Kier alpha value is -1.79. The van der Waals surface area contributed by atoms with Crippen LogP contribution >= 0.6 is 0 Å². The van der Waals surface area contributed by atoms with Gasteiger partial charge >= 0.3 is 5.97 Å². The van der Waals surface area contributed by atoms with Gasteiger partial charge in [0.25, 0.3) is 0 Å². The van der Waals surface area contributed by atoms with E-state index in [-0.39, 0.29) is 6.04 Å². The van der Waals surface area contributed by atoms with Crippen LogP contribution in [0.5, 0.6) is 11.5 Å². The summed E-state index contributed by atoms with van der Waals surface area (Å²) in [6, 6.07) is 5.48. The highest BCUT2D eigenvalue weighted by Crippen LogP contribution is 2.29. The molecule has 6 heteroatoms. The van der Waals surface area contributed by atoms with Crippen LogP contribution in [0.2, 0.25) is 0 Å². The van der Waals surface area contributed by atoms with Crippen molar-refractivity contribution in [3.8, 4) is 11.5 Å². The summed E-state index contributed by atoms with van der Waals surface area (Å²) in [6.07, 6.45) is 1.65. The molecule has 1 unspecified atom stereocenters. The number of nitrogens with zero attached hydrogens (tertiary/aromatic N) is 2. The standard InChI is InChI=1S/C19H30N2O4/c1-4-20(5-2)11-12-25-17-9-8-15(13-18(17)24-3)14-21-10-6-7-16(21)19(22)23/h8-9,13,16H,4-7,10-12,14H2,1-3H3,(H,22,23). The van der Waals surface area contributed by atoms with Crippen molar-refractivity contribution in [1.82, 2.24) is 9.80 Å². The highest BCUT2D eigenvalue weighted by molar-refractivity contribution is 5.73. The molecule has 0 aliphatic carbocycles. The van der Waals surface area contributed by atoms with Crippen LogP contribution in [0.3, 0.4) is 0 Å². The van der Waals surface area contributed by atoms with Crippen LogP contribution < -0.4 is 9.47 Å². The van der Waals surface area contributed by atoms with E-state index in [4.69, 9.17) is 9.47 Å². The summed E-state index contributed by atoms with van der Waals surface area (Å²) in [5.41, 5.74) is 1.04. The van der Waals surface area contributed by atoms with Crippen molar-refractivity contribution < 1.29 is 19.4 Å². The summed E-state index contributed by atoms with van der Waals surface area (Å²) >= 11 is 0. The fourth-order valence-electron chi connectivity index (χ4n) is 3.28. The molecule has 25 heavy (non-hydrogen) atoms. The number of likely N-dealkylation sites (tertiary alicyclic amines) is 1. The highest BCUT2D eigenvalue weighted by Gasteiger charge is 2.30. The van der Waals surface area contributed by atoms with Crippen LogP contribution in [0.1, 0.15) is 32.3 Å². The second-order valence-corrected chi connectivity index (χ2v) is 6.33. The molecule has 0 radical (unpaired) electrons. The van der Waals surface area contributed by atoms with Crippen LogP contribution in [0.4, 0.5) is 0 Å². The summed E-state index contributed by atoms with van der Waals surface area (Å²) < 4.78 is 11.3. The van der Waals surface area contributed by atoms with E-state index in [2.05, 4.69) is 18.7 Å². The number of benzene rings is 1. The largest absolute Gasteiger partial charge is 0.493 e. The van der Waals surface area contributed by atoms with Gasteiger partial charge in [0, 0.05) is 13.1 Å². The third-order valence-electron chi connectivity index (χ3n) is 4.82. The van der Waals surface area contributed by atoms with Gasteiger partial charge in [0.1, 0.15) is 12.6 Å². The molecule has 0 aromatic heterocycles. The Morgan fingerprint density at radius 3 is 2.72 bits per heavy atom. The van der Waals surface area contributed by atoms with Gasteiger partial charge in [0.2, 0.25) is 0 Å². The molecule has 1 aromatic carbocycles. The van der Waals surface area contributed by atoms with E-state index in [1.807, 2.05) is 23.1 Å². The number of hydrogen-bond acceptors (Lipinski definition) is 5. The fraction of sp³-hybridized carbons (Fsp3) is 0.632. The lowest BCUT2D eigenvalue weighted by molar-refractivity contribution is -0.142. The average Bonchev–Trinajstić information content (AvgIpc) is 3.08. The molecule has 0 spiro atoms. The van der Waals surface area contributed by atoms with Crippen molar-refractivity contribution in [2.75, 3.05) is 39.9 Å². The van der Waals surface area contributed by atoms with Gasteiger partial charge in [-0.2, -0.15) is 0 Å². The molecule has 1 aromatic rings. The Balaban J connectivity index is 1.97. The van der Waals surface area contributed by atoms with Crippen molar-refractivity contribution in [3.63, 3.8) is 0 Å². The van der Waals surface area contributed by atoms with Crippen LogP contribution in [0.25, 0.3) is 0 Å². The Kier molecular flexibility index (Phi) is 7.52. The number of likely N-dealkylation sites (N-methyl/N-ethyl adjacent to an activating group) is 1. The van der Waals surface area contributed by atoms with Crippen molar-refractivity contribution in [3.05, 3.63) is 23.8 Å². The van der Waals surface area contributed by atoms with Gasteiger partial charge in [-0.3, -0.25) is 9.69 Å². The number of aliphatic carboxylic acids is 1. The molecule has 6 nitrogen and oxygen atoms in total. The van der Waals surface area contributed by atoms with Crippen LogP contribution in [0, 0.1) is 0 Å². The van der Waals surface area contributed by atoms with Crippen LogP contribution in [0.15, 0.2) is 18.2 Å². The summed E-state index contributed by atoms with van der Waals surface area (Å²) in [5.74, 6) is 0.693. The number of carbonyl (C=O) groups is 1. The van der Waals surface area contributed by atoms with E-state index >= 15 is 0 Å². The molecule has 0 amide bonds. The number of ether oxygens (including phenoxy) is 2. The van der Waals surface area contributed by atoms with Gasteiger partial charge in [0.15, 0.2) is 11.5 Å². The molecule has 1 saturated heterocycles. The first-order valence-corrected chi connectivity index (χ1v) is 9.07. The minimum absolute atomic E-state index is 0.379. The number of hydrogen-bond donors (Lipinski definition) is 1. The summed E-state index contributed by atoms with van der Waals surface area (Å²) in [4.78, 5) is 15.6. The molecular formula is C19H30N2O4. The topological polar surface area (TPSA) is 62.2 Å². The number of carboxylic acids is 1. The molecule has 1 atom stereocenters. The Bertz CT molecular complexity index is 560. The monoisotopic (exact) mass is 350 g/mol. The van der Waals surface area contributed by atoms with Gasteiger partial charge < -0.3 is 19.5 Å². The normalized spacial score (nSPS) is 17.8. The molecular weight excluding hydrogens is 320 g/mol. The van der Waals surface area contributed by atoms with Crippen molar-refractivity contribution in [1.29, 1.82) is 0 Å². The van der Waals surface area contributed by atoms with E-state index in [9.17, 15) is 9.90 Å². The van der Waals surface area contributed by atoms with Crippen LogP contribution in [-0.4, -0.2) is 66.8 Å². The van der Waals surface area contributed by atoms with Crippen molar-refractivity contribution >= 4 is 5.97 Å². The van der Waals surface area contributed by atoms with Gasteiger partial charge in [-0.1, -0.05) is 19.9 Å². The second-order valence-electron chi connectivity index (χ2n) is 6.33. The molecule has 1 aliphatic heterocycles. The molecule has 140 valence electrons. The lowest BCUT2D eigenvalue weighted by atomic mass is 10.1. The third kappa shape index (κ3) is 5.34. The van der Waals surface area contributed by atoms with Crippen LogP contribution in [-0.2, 0) is 11.3 Å². The Morgan fingerprint density at radius 2 is 2.08 bits per heavy atom. The summed E-state index contributed by atoms with van der Waals surface area (Å²) in [7, 11) is 1.63. The zero-order chi connectivity index (χ0) is 18.2. The quantitative estimate of drug-likeness (QED) is 0.699.